The van der Waals surface area contributed by atoms with Crippen molar-refractivity contribution in [2.45, 2.75) is 77.0 Å². The Bertz CT molecular complexity index is 1090. The third-order valence-electron chi connectivity index (χ3n) is 7.95. The summed E-state index contributed by atoms with van der Waals surface area (Å²) in [5, 5.41) is 0. The molecule has 0 saturated heterocycles. The molecule has 36 heavy (non-hydrogen) atoms. The molecular formula is C31H36F4O. The van der Waals surface area contributed by atoms with Crippen molar-refractivity contribution in [3.05, 3.63) is 82.5 Å². The van der Waals surface area contributed by atoms with Crippen molar-refractivity contribution in [3.63, 3.8) is 0 Å². The van der Waals surface area contributed by atoms with Gasteiger partial charge in [0.2, 0.25) is 5.82 Å². The van der Waals surface area contributed by atoms with Crippen molar-refractivity contribution >= 4 is 6.08 Å². The van der Waals surface area contributed by atoms with Gasteiger partial charge in [-0.1, -0.05) is 42.5 Å². The summed E-state index contributed by atoms with van der Waals surface area (Å²) >= 11 is 0. The van der Waals surface area contributed by atoms with Crippen LogP contribution in [-0.4, -0.2) is 6.61 Å². The number of rotatable bonds is 7. The normalized spacial score (nSPS) is 25.1. The first-order valence-corrected chi connectivity index (χ1v) is 13.3. The maximum absolute atomic E-state index is 14.9. The molecule has 2 saturated carbocycles. The number of benzene rings is 2. The minimum absolute atomic E-state index is 0.0584. The summed E-state index contributed by atoms with van der Waals surface area (Å²) in [5.41, 5.74) is 1.15. The first kappa shape index (κ1) is 26.5. The Hall–Kier alpha value is -2.56. The molecule has 2 fully saturated rings. The molecule has 0 aromatic heterocycles. The first-order chi connectivity index (χ1) is 17.4. The molecule has 0 heterocycles. The second-order valence-electron chi connectivity index (χ2n) is 10.2. The molecule has 0 spiro atoms. The minimum Gasteiger partial charge on any atom is -0.491 e. The highest BCUT2D eigenvalue weighted by Gasteiger charge is 2.27. The molecule has 5 heteroatoms. The average Bonchev–Trinajstić information content (AvgIpc) is 2.89. The maximum atomic E-state index is 14.9. The Morgan fingerprint density at radius 1 is 0.694 bits per heavy atom. The van der Waals surface area contributed by atoms with Gasteiger partial charge in [-0.05, 0) is 106 Å². The topological polar surface area (TPSA) is 9.23 Å². The number of hydrogen-bond acceptors (Lipinski definition) is 1. The van der Waals surface area contributed by atoms with E-state index in [1.807, 2.05) is 13.0 Å². The van der Waals surface area contributed by atoms with Crippen molar-refractivity contribution < 1.29 is 22.3 Å². The number of halogens is 4. The Morgan fingerprint density at radius 2 is 1.22 bits per heavy atom. The third-order valence-corrected chi connectivity index (χ3v) is 7.95. The molecule has 0 amide bonds. The van der Waals surface area contributed by atoms with E-state index in [1.165, 1.54) is 6.07 Å². The monoisotopic (exact) mass is 500 g/mol. The molecular weight excluding hydrogens is 464 g/mol. The van der Waals surface area contributed by atoms with E-state index < -0.39 is 23.3 Å². The maximum Gasteiger partial charge on any atom is 0.200 e. The lowest BCUT2D eigenvalue weighted by atomic mass is 9.78. The van der Waals surface area contributed by atoms with Crippen LogP contribution in [0.2, 0.25) is 0 Å². The van der Waals surface area contributed by atoms with Crippen LogP contribution in [0.4, 0.5) is 17.6 Å². The van der Waals surface area contributed by atoms with Crippen LogP contribution in [0.3, 0.4) is 0 Å². The van der Waals surface area contributed by atoms with Gasteiger partial charge >= 0.3 is 0 Å². The molecule has 2 aromatic rings. The van der Waals surface area contributed by atoms with Gasteiger partial charge in [0.1, 0.15) is 0 Å². The summed E-state index contributed by atoms with van der Waals surface area (Å²) < 4.78 is 63.8. The SMILES string of the molecule is CC=CC1CCC(c2ccc(C=CC3CCC(c4ccc(OCC)c(F)c4F)CC3)c(F)c2F)CC1. The zero-order chi connectivity index (χ0) is 25.7. The van der Waals surface area contributed by atoms with Crippen molar-refractivity contribution in [2.24, 2.45) is 11.8 Å². The van der Waals surface area contributed by atoms with E-state index in [9.17, 15) is 17.6 Å². The third kappa shape index (κ3) is 5.87. The molecule has 2 aliphatic carbocycles. The average molecular weight is 501 g/mol. The molecule has 0 atom stereocenters. The van der Waals surface area contributed by atoms with Crippen LogP contribution in [0.15, 0.2) is 42.5 Å². The molecule has 4 rings (SSSR count). The summed E-state index contributed by atoms with van der Waals surface area (Å²) in [6.07, 6.45) is 14.7. The van der Waals surface area contributed by atoms with Crippen molar-refractivity contribution in [3.8, 4) is 5.75 Å². The molecule has 0 bridgehead atoms. The second kappa shape index (κ2) is 12.1. The molecule has 194 valence electrons. The van der Waals surface area contributed by atoms with E-state index in [4.69, 9.17) is 4.74 Å². The van der Waals surface area contributed by atoms with E-state index in [0.717, 1.165) is 38.5 Å². The first-order valence-electron chi connectivity index (χ1n) is 13.3. The number of ether oxygens (including phenoxy) is 1. The molecule has 1 nitrogen and oxygen atoms in total. The van der Waals surface area contributed by atoms with Gasteiger partial charge in [0, 0.05) is 5.56 Å². The highest BCUT2D eigenvalue weighted by atomic mass is 19.2. The lowest BCUT2D eigenvalue weighted by molar-refractivity contribution is 0.310. The van der Waals surface area contributed by atoms with Crippen molar-refractivity contribution in [1.29, 1.82) is 0 Å². The predicted octanol–water partition coefficient (Wildman–Crippen LogP) is 9.48. The van der Waals surface area contributed by atoms with Gasteiger partial charge < -0.3 is 4.74 Å². The van der Waals surface area contributed by atoms with E-state index >= 15 is 0 Å². The van der Waals surface area contributed by atoms with Gasteiger partial charge in [0.05, 0.1) is 6.61 Å². The fourth-order valence-corrected chi connectivity index (χ4v) is 5.91. The largest absolute Gasteiger partial charge is 0.491 e. The lowest BCUT2D eigenvalue weighted by Gasteiger charge is -2.28. The number of hydrogen-bond donors (Lipinski definition) is 0. The summed E-state index contributed by atoms with van der Waals surface area (Å²) in [5.74, 6) is -2.56. The van der Waals surface area contributed by atoms with Crippen LogP contribution < -0.4 is 4.74 Å². The van der Waals surface area contributed by atoms with E-state index in [2.05, 4.69) is 12.2 Å². The fraction of sp³-hybridized carbons (Fsp3) is 0.484. The lowest BCUT2D eigenvalue weighted by Crippen LogP contribution is -2.14. The van der Waals surface area contributed by atoms with Crippen LogP contribution >= 0.6 is 0 Å². The van der Waals surface area contributed by atoms with Crippen molar-refractivity contribution in [2.75, 3.05) is 6.61 Å². The Morgan fingerprint density at radius 3 is 1.78 bits per heavy atom. The Labute approximate surface area is 212 Å². The van der Waals surface area contributed by atoms with Gasteiger partial charge in [-0.2, -0.15) is 4.39 Å². The molecule has 0 radical (unpaired) electrons. The number of allylic oxidation sites excluding steroid dienone is 3. The molecule has 0 unspecified atom stereocenters. The van der Waals surface area contributed by atoms with Crippen LogP contribution in [0, 0.1) is 35.1 Å². The summed E-state index contributed by atoms with van der Waals surface area (Å²) in [6, 6.07) is 6.56. The van der Waals surface area contributed by atoms with E-state index in [1.54, 1.807) is 31.2 Å². The smallest absolute Gasteiger partial charge is 0.200 e. The highest BCUT2D eigenvalue weighted by molar-refractivity contribution is 5.52. The zero-order valence-corrected chi connectivity index (χ0v) is 21.2. The quantitative estimate of drug-likeness (QED) is 0.272. The summed E-state index contributed by atoms with van der Waals surface area (Å²) in [6.45, 7) is 4.02. The van der Waals surface area contributed by atoms with Crippen LogP contribution in [0.5, 0.6) is 5.75 Å². The summed E-state index contributed by atoms with van der Waals surface area (Å²) in [7, 11) is 0. The Kier molecular flexibility index (Phi) is 8.92. The summed E-state index contributed by atoms with van der Waals surface area (Å²) in [4.78, 5) is 0. The van der Waals surface area contributed by atoms with Crippen molar-refractivity contribution in [1.82, 2.24) is 0 Å². The predicted molar refractivity (Wildman–Crippen MR) is 137 cm³/mol. The van der Waals surface area contributed by atoms with Gasteiger partial charge in [-0.25, -0.2) is 13.2 Å². The molecule has 0 N–H and O–H groups in total. The van der Waals surface area contributed by atoms with Gasteiger partial charge in [0.25, 0.3) is 0 Å². The van der Waals surface area contributed by atoms with Gasteiger partial charge in [-0.3, -0.25) is 0 Å². The van der Waals surface area contributed by atoms with E-state index in [-0.39, 0.29) is 35.7 Å². The van der Waals surface area contributed by atoms with Crippen LogP contribution in [0.1, 0.15) is 93.7 Å². The molecule has 2 aromatic carbocycles. The molecule has 2 aliphatic rings. The second-order valence-corrected chi connectivity index (χ2v) is 10.2. The van der Waals surface area contributed by atoms with Gasteiger partial charge in [0.15, 0.2) is 23.2 Å². The highest BCUT2D eigenvalue weighted by Crippen LogP contribution is 2.40. The molecule has 0 aliphatic heterocycles. The Balaban J connectivity index is 1.36. The zero-order valence-electron chi connectivity index (χ0n) is 21.2. The standard InChI is InChI=1S/C31H36F4O/c1-3-5-20-6-11-22(12-7-20)25-17-16-24(28(32)29(25)33)15-10-21-8-13-23(14-9-21)26-18-19-27(36-4-2)31(35)30(26)34/h3,5,10,15-23H,4,6-9,11-14H2,1-2H3. The van der Waals surface area contributed by atoms with Crippen LogP contribution in [-0.2, 0) is 0 Å². The van der Waals surface area contributed by atoms with Crippen LogP contribution in [0.25, 0.3) is 6.08 Å². The minimum atomic E-state index is -0.928. The van der Waals surface area contributed by atoms with E-state index in [0.29, 0.717) is 29.9 Å². The fourth-order valence-electron chi connectivity index (χ4n) is 5.91. The van der Waals surface area contributed by atoms with Gasteiger partial charge in [-0.15, -0.1) is 0 Å².